The summed E-state index contributed by atoms with van der Waals surface area (Å²) in [5.74, 6) is -0.172. The number of carbonyl (C=O) groups excluding carboxylic acids is 1. The van der Waals surface area contributed by atoms with E-state index in [1.165, 1.54) is 15.8 Å². The summed E-state index contributed by atoms with van der Waals surface area (Å²) >= 11 is 0. The minimum atomic E-state index is -0.336. The molecule has 0 saturated carbocycles. The number of carbonyl (C=O) groups is 1. The zero-order chi connectivity index (χ0) is 18.8. The van der Waals surface area contributed by atoms with Gasteiger partial charge < -0.3 is 10.6 Å². The summed E-state index contributed by atoms with van der Waals surface area (Å²) in [4.78, 5) is 36.7. The molecule has 1 aromatic heterocycles. The van der Waals surface area contributed by atoms with E-state index >= 15 is 0 Å². The van der Waals surface area contributed by atoms with Crippen LogP contribution in [-0.2, 0) is 31.0 Å². The normalized spacial score (nSPS) is 12.9. The second-order valence-corrected chi connectivity index (χ2v) is 6.68. The highest BCUT2D eigenvalue weighted by Gasteiger charge is 2.11. The average molecular weight is 364 g/mol. The van der Waals surface area contributed by atoms with Gasteiger partial charge in [0.25, 0.3) is 11.1 Å². The van der Waals surface area contributed by atoms with E-state index in [0.29, 0.717) is 17.3 Å². The Morgan fingerprint density at radius 3 is 2.67 bits per heavy atom. The number of nitrogens with zero attached hydrogens (tertiary/aromatic N) is 1. The molecule has 0 radical (unpaired) electrons. The van der Waals surface area contributed by atoms with Crippen molar-refractivity contribution in [1.29, 1.82) is 0 Å². The molecular formula is C20H20N4O3. The van der Waals surface area contributed by atoms with Gasteiger partial charge in [-0.3, -0.25) is 19.5 Å². The lowest BCUT2D eigenvalue weighted by molar-refractivity contribution is -0.121. The lowest BCUT2D eigenvalue weighted by Gasteiger charge is -2.09. The Labute approximate surface area is 155 Å². The van der Waals surface area contributed by atoms with Crippen LogP contribution in [0.4, 0.5) is 0 Å². The van der Waals surface area contributed by atoms with Crippen LogP contribution < -0.4 is 21.8 Å². The van der Waals surface area contributed by atoms with Crippen molar-refractivity contribution in [3.63, 3.8) is 0 Å². The second-order valence-electron chi connectivity index (χ2n) is 6.68. The molecule has 2 aromatic carbocycles. The van der Waals surface area contributed by atoms with Crippen molar-refractivity contribution < 1.29 is 4.79 Å². The van der Waals surface area contributed by atoms with Gasteiger partial charge in [0.1, 0.15) is 0 Å². The van der Waals surface area contributed by atoms with E-state index < -0.39 is 0 Å². The SMILES string of the molecule is O=C(CCn1[nH]c(=O)c2ccccc2c1=O)NCc1ccc2c(c1)CNC2. The topological polar surface area (TPSA) is 96.0 Å². The smallest absolute Gasteiger partial charge is 0.273 e. The van der Waals surface area contributed by atoms with E-state index in [0.717, 1.165) is 18.7 Å². The minimum absolute atomic E-state index is 0.112. The molecule has 1 aliphatic rings. The van der Waals surface area contributed by atoms with Crippen molar-refractivity contribution in [2.75, 3.05) is 0 Å². The Balaban J connectivity index is 1.39. The summed E-state index contributed by atoms with van der Waals surface area (Å²) in [7, 11) is 0. The number of aromatic amines is 1. The third kappa shape index (κ3) is 3.54. The van der Waals surface area contributed by atoms with Crippen molar-refractivity contribution in [2.45, 2.75) is 32.6 Å². The Bertz CT molecular complexity index is 1130. The van der Waals surface area contributed by atoms with Gasteiger partial charge in [-0.1, -0.05) is 30.3 Å². The van der Waals surface area contributed by atoms with E-state index in [1.54, 1.807) is 24.3 Å². The van der Waals surface area contributed by atoms with Crippen LogP contribution in [-0.4, -0.2) is 15.7 Å². The number of nitrogens with one attached hydrogen (secondary N) is 3. The largest absolute Gasteiger partial charge is 0.352 e. The molecular weight excluding hydrogens is 344 g/mol. The molecule has 0 unspecified atom stereocenters. The Hall–Kier alpha value is -3.19. The number of aromatic nitrogens is 2. The van der Waals surface area contributed by atoms with Crippen LogP contribution in [0.3, 0.4) is 0 Å². The lowest BCUT2D eigenvalue weighted by Crippen LogP contribution is -2.32. The molecule has 7 nitrogen and oxygen atoms in total. The monoisotopic (exact) mass is 364 g/mol. The quantitative estimate of drug-likeness (QED) is 0.629. The van der Waals surface area contributed by atoms with Gasteiger partial charge in [-0.05, 0) is 28.8 Å². The minimum Gasteiger partial charge on any atom is -0.352 e. The fourth-order valence-electron chi connectivity index (χ4n) is 3.36. The van der Waals surface area contributed by atoms with E-state index in [9.17, 15) is 14.4 Å². The highest BCUT2D eigenvalue weighted by Crippen LogP contribution is 2.16. The van der Waals surface area contributed by atoms with Crippen molar-refractivity contribution in [3.8, 4) is 0 Å². The summed E-state index contributed by atoms with van der Waals surface area (Å²) in [6.45, 7) is 2.31. The maximum atomic E-state index is 12.4. The van der Waals surface area contributed by atoms with Crippen LogP contribution in [0.2, 0.25) is 0 Å². The zero-order valence-electron chi connectivity index (χ0n) is 14.7. The molecule has 0 bridgehead atoms. The summed E-state index contributed by atoms with van der Waals surface area (Å²) in [5.41, 5.74) is 2.97. The Morgan fingerprint density at radius 1 is 1.04 bits per heavy atom. The third-order valence-corrected chi connectivity index (χ3v) is 4.84. The first-order valence-corrected chi connectivity index (χ1v) is 8.92. The molecule has 0 aliphatic carbocycles. The van der Waals surface area contributed by atoms with Gasteiger partial charge in [-0.2, -0.15) is 0 Å². The Kier molecular flexibility index (Phi) is 4.60. The lowest BCUT2D eigenvalue weighted by atomic mass is 10.1. The second kappa shape index (κ2) is 7.20. The van der Waals surface area contributed by atoms with Crippen LogP contribution >= 0.6 is 0 Å². The highest BCUT2D eigenvalue weighted by molar-refractivity contribution is 5.80. The van der Waals surface area contributed by atoms with Gasteiger partial charge in [0, 0.05) is 26.1 Å². The van der Waals surface area contributed by atoms with Crippen LogP contribution in [0.1, 0.15) is 23.1 Å². The molecule has 3 N–H and O–H groups in total. The fourth-order valence-corrected chi connectivity index (χ4v) is 3.36. The number of fused-ring (bicyclic) bond motifs is 2. The van der Waals surface area contributed by atoms with Crippen molar-refractivity contribution in [2.24, 2.45) is 0 Å². The fraction of sp³-hybridized carbons (Fsp3) is 0.250. The Morgan fingerprint density at radius 2 is 1.81 bits per heavy atom. The molecule has 2 heterocycles. The average Bonchev–Trinajstić information content (AvgIpc) is 3.16. The summed E-state index contributed by atoms with van der Waals surface area (Å²) in [6.07, 6.45) is 0.112. The van der Waals surface area contributed by atoms with E-state index in [2.05, 4.69) is 27.9 Å². The maximum absolute atomic E-state index is 12.4. The first-order chi connectivity index (χ1) is 13.1. The van der Waals surface area contributed by atoms with Crippen molar-refractivity contribution in [3.05, 3.63) is 79.9 Å². The van der Waals surface area contributed by atoms with E-state index in [4.69, 9.17) is 0 Å². The van der Waals surface area contributed by atoms with Crippen LogP contribution in [0, 0.1) is 0 Å². The summed E-state index contributed by atoms with van der Waals surface area (Å²) < 4.78 is 1.20. The number of amides is 1. The molecule has 1 aliphatic heterocycles. The van der Waals surface area contributed by atoms with Crippen molar-refractivity contribution >= 4 is 16.7 Å². The number of hydrogen-bond acceptors (Lipinski definition) is 4. The number of H-pyrrole nitrogens is 1. The first kappa shape index (κ1) is 17.2. The predicted octanol–water partition coefficient (Wildman–Crippen LogP) is 0.999. The molecule has 4 rings (SSSR count). The van der Waals surface area contributed by atoms with E-state index in [-0.39, 0.29) is 30.0 Å². The van der Waals surface area contributed by atoms with Crippen LogP contribution in [0.5, 0.6) is 0 Å². The van der Waals surface area contributed by atoms with Gasteiger partial charge in [-0.15, -0.1) is 0 Å². The predicted molar refractivity (Wildman–Crippen MR) is 102 cm³/mol. The molecule has 27 heavy (non-hydrogen) atoms. The molecule has 0 spiro atoms. The molecule has 0 saturated heterocycles. The summed E-state index contributed by atoms with van der Waals surface area (Å²) in [6, 6.07) is 12.8. The van der Waals surface area contributed by atoms with Gasteiger partial charge >= 0.3 is 0 Å². The molecule has 0 atom stereocenters. The van der Waals surface area contributed by atoms with Crippen molar-refractivity contribution in [1.82, 2.24) is 20.4 Å². The zero-order valence-corrected chi connectivity index (χ0v) is 14.7. The number of hydrogen-bond donors (Lipinski definition) is 3. The van der Waals surface area contributed by atoms with Gasteiger partial charge in [0.05, 0.1) is 17.3 Å². The van der Waals surface area contributed by atoms with Crippen LogP contribution in [0.25, 0.3) is 10.8 Å². The molecule has 0 fully saturated rings. The number of benzene rings is 2. The highest BCUT2D eigenvalue weighted by atomic mass is 16.2. The van der Waals surface area contributed by atoms with Gasteiger partial charge in [0.2, 0.25) is 5.91 Å². The first-order valence-electron chi connectivity index (χ1n) is 8.92. The number of aryl methyl sites for hydroxylation is 1. The van der Waals surface area contributed by atoms with E-state index in [1.807, 2.05) is 6.07 Å². The standard InChI is InChI=1S/C20H20N4O3/c25-18(22-10-13-5-6-14-11-21-12-15(14)9-13)7-8-24-20(27)17-4-2-1-3-16(17)19(26)23-24/h1-6,9,21H,7-8,10-12H2,(H,22,25)(H,23,26). The van der Waals surface area contributed by atoms with Crippen LogP contribution in [0.15, 0.2) is 52.1 Å². The molecule has 3 aromatic rings. The molecule has 7 heteroatoms. The van der Waals surface area contributed by atoms with Gasteiger partial charge in [-0.25, -0.2) is 4.68 Å². The van der Waals surface area contributed by atoms with Gasteiger partial charge in [0.15, 0.2) is 0 Å². The summed E-state index contributed by atoms with van der Waals surface area (Å²) in [5, 5.41) is 9.41. The molecule has 1 amide bonds. The third-order valence-electron chi connectivity index (χ3n) is 4.84. The maximum Gasteiger partial charge on any atom is 0.273 e. The number of rotatable bonds is 5. The molecule has 138 valence electrons.